The van der Waals surface area contributed by atoms with E-state index < -0.39 is 0 Å². The summed E-state index contributed by atoms with van der Waals surface area (Å²) in [7, 11) is 0. The molecule has 3 nitrogen and oxygen atoms in total. The zero-order valence-electron chi connectivity index (χ0n) is 12.8. The van der Waals surface area contributed by atoms with Crippen LogP contribution in [0.5, 0.6) is 0 Å². The predicted octanol–water partition coefficient (Wildman–Crippen LogP) is 3.19. The summed E-state index contributed by atoms with van der Waals surface area (Å²) in [5.41, 5.74) is 1.20. The van der Waals surface area contributed by atoms with E-state index in [0.717, 1.165) is 18.5 Å². The monoisotopic (exact) mass is 293 g/mol. The predicted molar refractivity (Wildman–Crippen MR) is 85.1 cm³/mol. The highest BCUT2D eigenvalue weighted by Gasteiger charge is 2.31. The van der Waals surface area contributed by atoms with E-state index in [9.17, 15) is 0 Å². The van der Waals surface area contributed by atoms with E-state index >= 15 is 0 Å². The molecule has 0 radical (unpaired) electrons. The number of thiazole rings is 1. The third-order valence-electron chi connectivity index (χ3n) is 5.06. The number of hydrogen-bond donors (Lipinski definition) is 1. The average Bonchev–Trinajstić information content (AvgIpc) is 2.80. The maximum absolute atomic E-state index is 4.54. The maximum Gasteiger partial charge on any atom is 0.0897 e. The molecule has 0 unspecified atom stereocenters. The van der Waals surface area contributed by atoms with Crippen LogP contribution < -0.4 is 5.32 Å². The van der Waals surface area contributed by atoms with E-state index in [1.54, 1.807) is 11.3 Å². The topological polar surface area (TPSA) is 28.2 Å². The van der Waals surface area contributed by atoms with Crippen LogP contribution in [0.2, 0.25) is 0 Å². The van der Waals surface area contributed by atoms with Crippen molar-refractivity contribution in [2.24, 2.45) is 5.92 Å². The molecule has 0 amide bonds. The Morgan fingerprint density at radius 1 is 1.40 bits per heavy atom. The van der Waals surface area contributed by atoms with Crippen LogP contribution in [0.25, 0.3) is 0 Å². The Morgan fingerprint density at radius 3 is 2.90 bits per heavy atom. The van der Waals surface area contributed by atoms with E-state index in [1.165, 1.54) is 55.9 Å². The third-order valence-corrected chi connectivity index (χ3v) is 5.88. The second-order valence-corrected chi connectivity index (χ2v) is 7.57. The molecule has 0 bridgehead atoms. The summed E-state index contributed by atoms with van der Waals surface area (Å²) in [6, 6.07) is 1.51. The average molecular weight is 293 g/mol. The van der Waals surface area contributed by atoms with Gasteiger partial charge in [0, 0.05) is 30.6 Å². The number of aromatic nitrogens is 1. The van der Waals surface area contributed by atoms with Crippen molar-refractivity contribution in [3.8, 4) is 0 Å². The van der Waals surface area contributed by atoms with E-state index in [1.807, 2.05) is 0 Å². The minimum Gasteiger partial charge on any atom is -0.308 e. The highest BCUT2D eigenvalue weighted by molar-refractivity contribution is 7.09. The van der Waals surface area contributed by atoms with Crippen LogP contribution in [0.3, 0.4) is 0 Å². The summed E-state index contributed by atoms with van der Waals surface area (Å²) >= 11 is 1.75. The molecule has 3 rings (SSSR count). The Morgan fingerprint density at radius 2 is 2.25 bits per heavy atom. The van der Waals surface area contributed by atoms with Gasteiger partial charge in [-0.05, 0) is 52.0 Å². The van der Waals surface area contributed by atoms with E-state index in [-0.39, 0.29) is 0 Å². The van der Waals surface area contributed by atoms with Crippen LogP contribution in [-0.2, 0) is 6.54 Å². The number of hydrogen-bond acceptors (Lipinski definition) is 4. The maximum atomic E-state index is 4.54. The first-order chi connectivity index (χ1) is 9.72. The first-order valence-corrected chi connectivity index (χ1v) is 8.99. The van der Waals surface area contributed by atoms with Gasteiger partial charge >= 0.3 is 0 Å². The summed E-state index contributed by atoms with van der Waals surface area (Å²) < 4.78 is 0. The third kappa shape index (κ3) is 3.41. The molecular weight excluding hydrogens is 266 g/mol. The lowest BCUT2D eigenvalue weighted by Crippen LogP contribution is -2.49. The number of aryl methyl sites for hydroxylation is 1. The summed E-state index contributed by atoms with van der Waals surface area (Å²) in [5, 5.41) is 7.04. The van der Waals surface area contributed by atoms with Crippen molar-refractivity contribution >= 4 is 11.3 Å². The Balaban J connectivity index is 1.47. The Hall–Kier alpha value is -0.450. The van der Waals surface area contributed by atoms with E-state index in [0.29, 0.717) is 6.04 Å². The van der Waals surface area contributed by atoms with Crippen molar-refractivity contribution < 1.29 is 0 Å². The number of nitrogens with zero attached hydrogens (tertiary/aromatic N) is 2. The second kappa shape index (κ2) is 6.54. The number of likely N-dealkylation sites (tertiary alicyclic amines) is 1. The number of piperidine rings is 1. The van der Waals surface area contributed by atoms with Gasteiger partial charge in [0.05, 0.1) is 10.7 Å². The van der Waals surface area contributed by atoms with E-state index in [4.69, 9.17) is 0 Å². The molecule has 112 valence electrons. The van der Waals surface area contributed by atoms with Crippen molar-refractivity contribution in [1.29, 1.82) is 0 Å². The SMILES string of the molecule is Cc1nc(CN[C@@H](C)[C@H]2CCCN(C3CCC3)C2)cs1. The molecule has 1 aliphatic carbocycles. The number of rotatable bonds is 5. The van der Waals surface area contributed by atoms with Gasteiger partial charge in [-0.1, -0.05) is 6.42 Å². The van der Waals surface area contributed by atoms with Gasteiger partial charge in [0.25, 0.3) is 0 Å². The molecule has 2 heterocycles. The molecule has 1 aromatic rings. The standard InChI is InChI=1S/C16H27N3S/c1-12(17-9-15-11-20-13(2)18-15)14-5-4-8-19(10-14)16-6-3-7-16/h11-12,14,16-17H,3-10H2,1-2H3/t12-,14-/m0/s1. The summed E-state index contributed by atoms with van der Waals surface area (Å²) in [6.45, 7) is 7.99. The highest BCUT2D eigenvalue weighted by atomic mass is 32.1. The summed E-state index contributed by atoms with van der Waals surface area (Å²) in [6.07, 6.45) is 7.08. The smallest absolute Gasteiger partial charge is 0.0897 e. The molecule has 20 heavy (non-hydrogen) atoms. The molecule has 1 N–H and O–H groups in total. The number of nitrogens with one attached hydrogen (secondary N) is 1. The molecule has 1 saturated heterocycles. The molecule has 2 atom stereocenters. The fourth-order valence-corrected chi connectivity index (χ4v) is 4.07. The van der Waals surface area contributed by atoms with Crippen molar-refractivity contribution in [3.05, 3.63) is 16.1 Å². The van der Waals surface area contributed by atoms with Crippen LogP contribution in [-0.4, -0.2) is 35.1 Å². The second-order valence-electron chi connectivity index (χ2n) is 6.51. The Labute approximate surface area is 126 Å². The van der Waals surface area contributed by atoms with Gasteiger partial charge in [-0.3, -0.25) is 0 Å². The molecule has 0 spiro atoms. The first-order valence-electron chi connectivity index (χ1n) is 8.11. The quantitative estimate of drug-likeness (QED) is 0.903. The first kappa shape index (κ1) is 14.5. The van der Waals surface area contributed by atoms with Crippen molar-refractivity contribution in [2.75, 3.05) is 13.1 Å². The van der Waals surface area contributed by atoms with Gasteiger partial charge in [0.1, 0.15) is 0 Å². The van der Waals surface area contributed by atoms with Gasteiger partial charge < -0.3 is 10.2 Å². The fraction of sp³-hybridized carbons (Fsp3) is 0.812. The van der Waals surface area contributed by atoms with Gasteiger partial charge in [0.2, 0.25) is 0 Å². The van der Waals surface area contributed by atoms with Gasteiger partial charge in [0.15, 0.2) is 0 Å². The summed E-state index contributed by atoms with van der Waals surface area (Å²) in [4.78, 5) is 7.29. The lowest BCUT2D eigenvalue weighted by atomic mass is 9.85. The lowest BCUT2D eigenvalue weighted by molar-refractivity contribution is 0.0665. The lowest BCUT2D eigenvalue weighted by Gasteiger charge is -2.44. The molecule has 1 saturated carbocycles. The molecule has 2 fully saturated rings. The van der Waals surface area contributed by atoms with Gasteiger partial charge in [-0.15, -0.1) is 11.3 Å². The van der Waals surface area contributed by atoms with Crippen LogP contribution in [0, 0.1) is 12.8 Å². The highest BCUT2D eigenvalue weighted by Crippen LogP contribution is 2.30. The molecular formula is C16H27N3S. The molecule has 1 aromatic heterocycles. The fourth-order valence-electron chi connectivity index (χ4n) is 3.45. The zero-order chi connectivity index (χ0) is 13.9. The van der Waals surface area contributed by atoms with Crippen LogP contribution in [0.1, 0.15) is 49.7 Å². The Kier molecular flexibility index (Phi) is 4.74. The van der Waals surface area contributed by atoms with E-state index in [2.05, 4.69) is 34.4 Å². The normalized spacial score (nSPS) is 26.4. The Bertz CT molecular complexity index is 427. The van der Waals surface area contributed by atoms with Crippen molar-refractivity contribution in [2.45, 2.75) is 64.6 Å². The molecule has 4 heteroatoms. The van der Waals surface area contributed by atoms with Crippen LogP contribution >= 0.6 is 11.3 Å². The molecule has 1 aliphatic heterocycles. The van der Waals surface area contributed by atoms with Crippen LogP contribution in [0.4, 0.5) is 0 Å². The van der Waals surface area contributed by atoms with Crippen LogP contribution in [0.15, 0.2) is 5.38 Å². The minimum atomic E-state index is 0.597. The molecule has 2 aliphatic rings. The molecule has 0 aromatic carbocycles. The van der Waals surface area contributed by atoms with Gasteiger partial charge in [-0.2, -0.15) is 0 Å². The van der Waals surface area contributed by atoms with Crippen molar-refractivity contribution in [3.63, 3.8) is 0 Å². The largest absolute Gasteiger partial charge is 0.308 e. The summed E-state index contributed by atoms with van der Waals surface area (Å²) in [5.74, 6) is 0.809. The minimum absolute atomic E-state index is 0.597. The van der Waals surface area contributed by atoms with Crippen molar-refractivity contribution in [1.82, 2.24) is 15.2 Å². The zero-order valence-corrected chi connectivity index (χ0v) is 13.6. The van der Waals surface area contributed by atoms with Gasteiger partial charge in [-0.25, -0.2) is 4.98 Å².